The van der Waals surface area contributed by atoms with E-state index in [1.165, 1.54) is 34.4 Å². The van der Waals surface area contributed by atoms with Crippen LogP contribution in [0.25, 0.3) is 10.9 Å². The van der Waals surface area contributed by atoms with Gasteiger partial charge in [-0.3, -0.25) is 9.10 Å². The minimum atomic E-state index is -3.74. The van der Waals surface area contributed by atoms with Gasteiger partial charge in [0.05, 0.1) is 10.6 Å². The molecule has 32 heavy (non-hydrogen) atoms. The summed E-state index contributed by atoms with van der Waals surface area (Å²) in [7, 11) is -2.22. The number of rotatable bonds is 8. The molecule has 0 unspecified atom stereocenters. The lowest BCUT2D eigenvalue weighted by molar-refractivity contribution is -0.116. The Morgan fingerprint density at radius 2 is 1.72 bits per heavy atom. The molecule has 1 aromatic heterocycles. The van der Waals surface area contributed by atoms with Crippen LogP contribution in [-0.4, -0.2) is 26.4 Å². The van der Waals surface area contributed by atoms with Crippen LogP contribution in [0.2, 0.25) is 0 Å². The number of para-hydroxylation sites is 2. The molecule has 0 saturated carbocycles. The van der Waals surface area contributed by atoms with Crippen molar-refractivity contribution in [1.29, 1.82) is 0 Å². The SMILES string of the molecule is CN(c1ccccc1)S(=O)(=O)c1cccc(NC(=O)CCCc2c[nH]c3ccccc23)c1. The number of hydrogen-bond acceptors (Lipinski definition) is 3. The van der Waals surface area contributed by atoms with Crippen molar-refractivity contribution >= 4 is 38.2 Å². The Morgan fingerprint density at radius 1 is 0.969 bits per heavy atom. The van der Waals surface area contributed by atoms with E-state index < -0.39 is 10.0 Å². The summed E-state index contributed by atoms with van der Waals surface area (Å²) in [4.78, 5) is 15.8. The summed E-state index contributed by atoms with van der Waals surface area (Å²) in [5, 5.41) is 4.00. The maximum Gasteiger partial charge on any atom is 0.264 e. The smallest absolute Gasteiger partial charge is 0.264 e. The molecule has 0 aliphatic heterocycles. The average Bonchev–Trinajstić information content (AvgIpc) is 3.22. The highest BCUT2D eigenvalue weighted by atomic mass is 32.2. The van der Waals surface area contributed by atoms with E-state index in [1.807, 2.05) is 30.5 Å². The third-order valence-electron chi connectivity index (χ3n) is 5.42. The van der Waals surface area contributed by atoms with Crippen molar-refractivity contribution in [2.24, 2.45) is 0 Å². The molecule has 0 spiro atoms. The molecule has 0 radical (unpaired) electrons. The maximum atomic E-state index is 13.0. The van der Waals surface area contributed by atoms with Crippen LogP contribution >= 0.6 is 0 Å². The zero-order chi connectivity index (χ0) is 22.6. The molecule has 1 amide bonds. The predicted octanol–water partition coefficient (Wildman–Crippen LogP) is 4.95. The number of aromatic amines is 1. The molecule has 0 aliphatic carbocycles. The number of nitrogens with zero attached hydrogens (tertiary/aromatic N) is 1. The quantitative estimate of drug-likeness (QED) is 0.401. The monoisotopic (exact) mass is 447 g/mol. The molecule has 3 aromatic carbocycles. The highest BCUT2D eigenvalue weighted by Crippen LogP contribution is 2.24. The summed E-state index contributed by atoms with van der Waals surface area (Å²) in [6, 6.07) is 23.3. The third-order valence-corrected chi connectivity index (χ3v) is 7.20. The first-order valence-electron chi connectivity index (χ1n) is 10.4. The second-order valence-electron chi connectivity index (χ2n) is 7.60. The fourth-order valence-corrected chi connectivity index (χ4v) is 4.91. The zero-order valence-corrected chi connectivity index (χ0v) is 18.6. The second kappa shape index (κ2) is 9.28. The maximum absolute atomic E-state index is 13.0. The number of carbonyl (C=O) groups excluding carboxylic acids is 1. The molecule has 164 valence electrons. The van der Waals surface area contributed by atoms with Crippen LogP contribution in [-0.2, 0) is 21.2 Å². The highest BCUT2D eigenvalue weighted by molar-refractivity contribution is 7.92. The van der Waals surface area contributed by atoms with E-state index in [2.05, 4.69) is 16.4 Å². The summed E-state index contributed by atoms with van der Waals surface area (Å²) >= 11 is 0. The predicted molar refractivity (Wildman–Crippen MR) is 128 cm³/mol. The number of amides is 1. The summed E-state index contributed by atoms with van der Waals surface area (Å²) in [5.41, 5.74) is 3.31. The van der Waals surface area contributed by atoms with Crippen LogP contribution in [0.3, 0.4) is 0 Å². The lowest BCUT2D eigenvalue weighted by Crippen LogP contribution is -2.26. The Balaban J connectivity index is 1.38. The molecular formula is C25H25N3O3S. The van der Waals surface area contributed by atoms with E-state index in [4.69, 9.17) is 0 Å². The summed E-state index contributed by atoms with van der Waals surface area (Å²) in [6.45, 7) is 0. The van der Waals surface area contributed by atoms with Crippen LogP contribution in [0, 0.1) is 0 Å². The van der Waals surface area contributed by atoms with Crippen molar-refractivity contribution in [3.63, 3.8) is 0 Å². The molecule has 4 aromatic rings. The average molecular weight is 448 g/mol. The van der Waals surface area contributed by atoms with Gasteiger partial charge in [-0.1, -0.05) is 42.5 Å². The lowest BCUT2D eigenvalue weighted by atomic mass is 10.1. The number of hydrogen-bond donors (Lipinski definition) is 2. The first-order chi connectivity index (χ1) is 15.4. The highest BCUT2D eigenvalue weighted by Gasteiger charge is 2.21. The number of fused-ring (bicyclic) bond motifs is 1. The Hall–Kier alpha value is -3.58. The number of sulfonamides is 1. The van der Waals surface area contributed by atoms with E-state index in [0.29, 0.717) is 24.2 Å². The Labute approximate surface area is 187 Å². The molecule has 4 rings (SSSR count). The third kappa shape index (κ3) is 4.68. The summed E-state index contributed by atoms with van der Waals surface area (Å²) in [5.74, 6) is -0.143. The fraction of sp³-hybridized carbons (Fsp3) is 0.160. The number of aryl methyl sites for hydroxylation is 1. The molecule has 0 aliphatic rings. The lowest BCUT2D eigenvalue weighted by Gasteiger charge is -2.19. The van der Waals surface area contributed by atoms with Gasteiger partial charge in [0.15, 0.2) is 0 Å². The molecule has 0 atom stereocenters. The second-order valence-corrected chi connectivity index (χ2v) is 9.57. The van der Waals surface area contributed by atoms with Gasteiger partial charge in [0.25, 0.3) is 10.0 Å². The first kappa shape index (κ1) is 21.6. The van der Waals surface area contributed by atoms with Gasteiger partial charge in [0, 0.05) is 36.3 Å². The number of nitrogens with one attached hydrogen (secondary N) is 2. The summed E-state index contributed by atoms with van der Waals surface area (Å²) < 4.78 is 27.2. The number of aromatic nitrogens is 1. The van der Waals surface area contributed by atoms with Gasteiger partial charge in [0.1, 0.15) is 0 Å². The summed E-state index contributed by atoms with van der Waals surface area (Å²) in [6.07, 6.45) is 3.82. The molecule has 7 heteroatoms. The van der Waals surface area contributed by atoms with Crippen molar-refractivity contribution in [1.82, 2.24) is 4.98 Å². The van der Waals surface area contributed by atoms with E-state index >= 15 is 0 Å². The van der Waals surface area contributed by atoms with Crippen LogP contribution < -0.4 is 9.62 Å². The fourth-order valence-electron chi connectivity index (χ4n) is 3.67. The molecule has 1 heterocycles. The Kier molecular flexibility index (Phi) is 6.28. The van der Waals surface area contributed by atoms with Gasteiger partial charge >= 0.3 is 0 Å². The molecule has 0 saturated heterocycles. The van der Waals surface area contributed by atoms with Crippen molar-refractivity contribution in [2.75, 3.05) is 16.7 Å². The number of anilines is 2. The van der Waals surface area contributed by atoms with Crippen molar-refractivity contribution in [3.8, 4) is 0 Å². The van der Waals surface area contributed by atoms with Gasteiger partial charge < -0.3 is 10.3 Å². The van der Waals surface area contributed by atoms with Crippen LogP contribution in [0.1, 0.15) is 18.4 Å². The number of H-pyrrole nitrogens is 1. The van der Waals surface area contributed by atoms with Gasteiger partial charge in [-0.2, -0.15) is 0 Å². The van der Waals surface area contributed by atoms with Crippen molar-refractivity contribution in [3.05, 3.63) is 90.6 Å². The van der Waals surface area contributed by atoms with E-state index in [0.717, 1.165) is 11.9 Å². The standard InChI is InChI=1S/C25H25N3O3S/c1-28(21-11-3-2-4-12-21)32(30,31)22-13-8-10-20(17-22)27-25(29)16-7-9-19-18-26-24-15-6-5-14-23(19)24/h2-6,8,10-15,17-18,26H,7,9,16H2,1H3,(H,27,29). The normalized spacial score (nSPS) is 11.4. The minimum Gasteiger partial charge on any atom is -0.361 e. The van der Waals surface area contributed by atoms with E-state index in [-0.39, 0.29) is 10.8 Å². The number of benzene rings is 3. The van der Waals surface area contributed by atoms with Crippen molar-refractivity contribution < 1.29 is 13.2 Å². The minimum absolute atomic E-state index is 0.125. The van der Waals surface area contributed by atoms with Crippen LogP contribution in [0.15, 0.2) is 90.0 Å². The Morgan fingerprint density at radius 3 is 2.53 bits per heavy atom. The largest absolute Gasteiger partial charge is 0.361 e. The van der Waals surface area contributed by atoms with Gasteiger partial charge in [0.2, 0.25) is 5.91 Å². The van der Waals surface area contributed by atoms with E-state index in [9.17, 15) is 13.2 Å². The first-order valence-corrected chi connectivity index (χ1v) is 11.9. The molecule has 0 bridgehead atoms. The Bertz CT molecular complexity index is 1330. The molecule has 6 nitrogen and oxygen atoms in total. The van der Waals surface area contributed by atoms with Gasteiger partial charge in [-0.25, -0.2) is 8.42 Å². The van der Waals surface area contributed by atoms with E-state index in [1.54, 1.807) is 36.4 Å². The van der Waals surface area contributed by atoms with Crippen LogP contribution in [0.5, 0.6) is 0 Å². The van der Waals surface area contributed by atoms with Crippen molar-refractivity contribution in [2.45, 2.75) is 24.2 Å². The van der Waals surface area contributed by atoms with Gasteiger partial charge in [-0.05, 0) is 54.8 Å². The molecule has 0 fully saturated rings. The van der Waals surface area contributed by atoms with Crippen LogP contribution in [0.4, 0.5) is 11.4 Å². The topological polar surface area (TPSA) is 82.3 Å². The number of carbonyl (C=O) groups is 1. The molecular weight excluding hydrogens is 422 g/mol. The zero-order valence-electron chi connectivity index (χ0n) is 17.8. The molecule has 2 N–H and O–H groups in total. The van der Waals surface area contributed by atoms with Gasteiger partial charge in [-0.15, -0.1) is 0 Å².